The quantitative estimate of drug-likeness (QED) is 0.741. The molecule has 2 aromatic carbocycles. The topological polar surface area (TPSA) is 68.0 Å². The number of nitrogens with zero attached hydrogens (tertiary/aromatic N) is 3. The maximum absolute atomic E-state index is 10.7. The number of aliphatic carboxylic acids is 1. The molecule has 0 amide bonds. The Morgan fingerprint density at radius 1 is 1.24 bits per heavy atom. The standard InChI is InChI=1S/C15H10BrN3O2/c16-11-6-7-13(10(9-11)5-8-15(20)21)19-14-4-2-1-3-12(14)17-18-19/h1-9H,(H,20,21)/b8-5+. The summed E-state index contributed by atoms with van der Waals surface area (Å²) in [5, 5.41) is 17.1. The molecule has 0 atom stereocenters. The Morgan fingerprint density at radius 3 is 2.86 bits per heavy atom. The van der Waals surface area contributed by atoms with E-state index in [0.717, 1.165) is 32.8 Å². The van der Waals surface area contributed by atoms with Crippen molar-refractivity contribution in [2.24, 2.45) is 0 Å². The van der Waals surface area contributed by atoms with Crippen molar-refractivity contribution in [3.05, 3.63) is 58.6 Å². The van der Waals surface area contributed by atoms with E-state index < -0.39 is 5.97 Å². The zero-order valence-corrected chi connectivity index (χ0v) is 12.4. The number of rotatable bonds is 3. The van der Waals surface area contributed by atoms with Gasteiger partial charge in [-0.05, 0) is 36.4 Å². The molecule has 0 aliphatic rings. The minimum atomic E-state index is -0.996. The lowest BCUT2D eigenvalue weighted by Crippen LogP contribution is -1.99. The molecule has 1 heterocycles. The van der Waals surface area contributed by atoms with Crippen molar-refractivity contribution in [2.75, 3.05) is 0 Å². The van der Waals surface area contributed by atoms with E-state index in [0.29, 0.717) is 0 Å². The summed E-state index contributed by atoms with van der Waals surface area (Å²) >= 11 is 3.39. The van der Waals surface area contributed by atoms with Gasteiger partial charge >= 0.3 is 5.97 Å². The zero-order valence-electron chi connectivity index (χ0n) is 10.8. The van der Waals surface area contributed by atoms with Crippen LogP contribution in [0.4, 0.5) is 0 Å². The van der Waals surface area contributed by atoms with Gasteiger partial charge in [0.2, 0.25) is 0 Å². The van der Waals surface area contributed by atoms with Gasteiger partial charge in [-0.3, -0.25) is 0 Å². The molecule has 0 bridgehead atoms. The predicted molar refractivity (Wildman–Crippen MR) is 83.2 cm³/mol. The van der Waals surface area contributed by atoms with Crippen LogP contribution in [0.3, 0.4) is 0 Å². The van der Waals surface area contributed by atoms with Gasteiger partial charge in [0.15, 0.2) is 0 Å². The van der Waals surface area contributed by atoms with Gasteiger partial charge < -0.3 is 5.11 Å². The lowest BCUT2D eigenvalue weighted by molar-refractivity contribution is -0.131. The summed E-state index contributed by atoms with van der Waals surface area (Å²) in [4.78, 5) is 10.7. The summed E-state index contributed by atoms with van der Waals surface area (Å²) < 4.78 is 2.56. The first kappa shape index (κ1) is 13.5. The molecule has 0 fully saturated rings. The van der Waals surface area contributed by atoms with Crippen molar-refractivity contribution >= 4 is 39.0 Å². The van der Waals surface area contributed by atoms with Gasteiger partial charge in [0.25, 0.3) is 0 Å². The first-order chi connectivity index (χ1) is 10.1. The summed E-state index contributed by atoms with van der Waals surface area (Å²) in [5.74, 6) is -0.996. The van der Waals surface area contributed by atoms with E-state index in [1.165, 1.54) is 0 Å². The summed E-state index contributed by atoms with van der Waals surface area (Å²) in [6.07, 6.45) is 2.64. The summed E-state index contributed by atoms with van der Waals surface area (Å²) in [6, 6.07) is 13.2. The highest BCUT2D eigenvalue weighted by atomic mass is 79.9. The lowest BCUT2D eigenvalue weighted by atomic mass is 10.1. The van der Waals surface area contributed by atoms with Crippen LogP contribution in [0, 0.1) is 0 Å². The van der Waals surface area contributed by atoms with Crippen LogP contribution < -0.4 is 0 Å². The number of carbonyl (C=O) groups is 1. The minimum absolute atomic E-state index is 0.738. The largest absolute Gasteiger partial charge is 0.478 e. The maximum atomic E-state index is 10.7. The molecular formula is C15H10BrN3O2. The number of aromatic nitrogens is 3. The minimum Gasteiger partial charge on any atom is -0.478 e. The Bertz CT molecular complexity index is 855. The Balaban J connectivity index is 2.20. The second kappa shape index (κ2) is 5.49. The molecule has 0 saturated heterocycles. The third-order valence-corrected chi connectivity index (χ3v) is 3.47. The highest BCUT2D eigenvalue weighted by Crippen LogP contribution is 2.24. The molecule has 3 aromatic rings. The van der Waals surface area contributed by atoms with E-state index in [1.54, 1.807) is 10.8 Å². The first-order valence-electron chi connectivity index (χ1n) is 6.16. The van der Waals surface area contributed by atoms with Gasteiger partial charge in [-0.1, -0.05) is 33.3 Å². The van der Waals surface area contributed by atoms with Crippen LogP contribution in [0.5, 0.6) is 0 Å². The van der Waals surface area contributed by atoms with E-state index in [9.17, 15) is 4.79 Å². The van der Waals surface area contributed by atoms with E-state index in [2.05, 4.69) is 26.2 Å². The predicted octanol–water partition coefficient (Wildman–Crippen LogP) is 3.28. The second-order valence-corrected chi connectivity index (χ2v) is 5.28. The molecule has 6 heteroatoms. The highest BCUT2D eigenvalue weighted by Gasteiger charge is 2.09. The number of hydrogen-bond acceptors (Lipinski definition) is 3. The van der Waals surface area contributed by atoms with Crippen molar-refractivity contribution in [2.45, 2.75) is 0 Å². The number of fused-ring (bicyclic) bond motifs is 1. The number of carboxylic acids is 1. The van der Waals surface area contributed by atoms with Gasteiger partial charge in [-0.25, -0.2) is 9.48 Å². The number of hydrogen-bond donors (Lipinski definition) is 1. The third kappa shape index (κ3) is 2.71. The molecule has 0 unspecified atom stereocenters. The van der Waals surface area contributed by atoms with Crippen LogP contribution in [0.15, 0.2) is 53.0 Å². The molecule has 0 aliphatic heterocycles. The molecule has 3 rings (SSSR count). The number of carboxylic acid groups (broad SMARTS) is 1. The highest BCUT2D eigenvalue weighted by molar-refractivity contribution is 9.10. The molecule has 1 aromatic heterocycles. The molecule has 0 aliphatic carbocycles. The maximum Gasteiger partial charge on any atom is 0.328 e. The average Bonchev–Trinajstić information content (AvgIpc) is 2.89. The number of para-hydroxylation sites is 1. The van der Waals surface area contributed by atoms with Crippen LogP contribution in [-0.4, -0.2) is 26.1 Å². The molecule has 104 valence electrons. The number of benzene rings is 2. The third-order valence-electron chi connectivity index (χ3n) is 2.98. The zero-order chi connectivity index (χ0) is 14.8. The molecule has 5 nitrogen and oxygen atoms in total. The molecule has 21 heavy (non-hydrogen) atoms. The van der Waals surface area contributed by atoms with Crippen LogP contribution in [0.25, 0.3) is 22.8 Å². The number of halogens is 1. The molecular weight excluding hydrogens is 334 g/mol. The van der Waals surface area contributed by atoms with Crippen LogP contribution in [0.2, 0.25) is 0 Å². The van der Waals surface area contributed by atoms with E-state index in [-0.39, 0.29) is 0 Å². The van der Waals surface area contributed by atoms with Crippen molar-refractivity contribution in [1.29, 1.82) is 0 Å². The van der Waals surface area contributed by atoms with Crippen molar-refractivity contribution in [3.63, 3.8) is 0 Å². The Labute approximate surface area is 128 Å². The normalized spacial score (nSPS) is 11.3. The Hall–Kier alpha value is -2.47. The Morgan fingerprint density at radius 2 is 2.05 bits per heavy atom. The summed E-state index contributed by atoms with van der Waals surface area (Å²) in [5.41, 5.74) is 3.16. The summed E-state index contributed by atoms with van der Waals surface area (Å²) in [6.45, 7) is 0. The fourth-order valence-corrected chi connectivity index (χ4v) is 2.44. The van der Waals surface area contributed by atoms with Gasteiger partial charge in [-0.2, -0.15) is 0 Å². The molecule has 0 radical (unpaired) electrons. The van der Waals surface area contributed by atoms with Crippen molar-refractivity contribution in [3.8, 4) is 5.69 Å². The molecule has 0 spiro atoms. The second-order valence-electron chi connectivity index (χ2n) is 4.36. The van der Waals surface area contributed by atoms with E-state index in [1.807, 2.05) is 42.5 Å². The molecule has 1 N–H and O–H groups in total. The lowest BCUT2D eigenvalue weighted by Gasteiger charge is -2.07. The van der Waals surface area contributed by atoms with Crippen LogP contribution in [-0.2, 0) is 4.79 Å². The van der Waals surface area contributed by atoms with Gasteiger partial charge in [0, 0.05) is 16.1 Å². The molecule has 0 saturated carbocycles. The van der Waals surface area contributed by atoms with Crippen molar-refractivity contribution < 1.29 is 9.90 Å². The van der Waals surface area contributed by atoms with Crippen molar-refractivity contribution in [1.82, 2.24) is 15.0 Å². The average molecular weight is 344 g/mol. The monoisotopic (exact) mass is 343 g/mol. The van der Waals surface area contributed by atoms with E-state index >= 15 is 0 Å². The van der Waals surface area contributed by atoms with Gasteiger partial charge in [0.05, 0.1) is 11.2 Å². The van der Waals surface area contributed by atoms with Gasteiger partial charge in [0.1, 0.15) is 5.52 Å². The fraction of sp³-hybridized carbons (Fsp3) is 0. The van der Waals surface area contributed by atoms with E-state index in [4.69, 9.17) is 5.11 Å². The van der Waals surface area contributed by atoms with Gasteiger partial charge in [-0.15, -0.1) is 5.10 Å². The first-order valence-corrected chi connectivity index (χ1v) is 6.96. The van der Waals surface area contributed by atoms with Crippen LogP contribution in [0.1, 0.15) is 5.56 Å². The Kier molecular flexibility index (Phi) is 3.53. The fourth-order valence-electron chi connectivity index (χ4n) is 2.06. The smallest absolute Gasteiger partial charge is 0.328 e. The SMILES string of the molecule is O=C(O)/C=C/c1cc(Br)ccc1-n1nnc2ccccc21. The van der Waals surface area contributed by atoms with Crippen LogP contribution >= 0.6 is 15.9 Å². The summed E-state index contributed by atoms with van der Waals surface area (Å²) in [7, 11) is 0.